The van der Waals surface area contributed by atoms with E-state index >= 15 is 0 Å². The predicted molar refractivity (Wildman–Crippen MR) is 63.1 cm³/mol. The Labute approximate surface area is 100 Å². The molecule has 2 N–H and O–H groups in total. The van der Waals surface area contributed by atoms with Crippen molar-refractivity contribution >= 4 is 5.95 Å². The second-order valence-electron chi connectivity index (χ2n) is 5.00. The van der Waals surface area contributed by atoms with Crippen molar-refractivity contribution in [3.63, 3.8) is 0 Å². The first kappa shape index (κ1) is 12.2. The molecule has 0 aliphatic heterocycles. The Hall–Kier alpha value is -1.23. The molecular weight excluding hydrogens is 221 g/mol. The topological polar surface area (TPSA) is 58.0 Å². The first-order valence-corrected chi connectivity index (χ1v) is 6.01. The molecule has 2 rings (SSSR count). The largest absolute Gasteiger partial charge is 0.388 e. The second kappa shape index (κ2) is 4.96. The summed E-state index contributed by atoms with van der Waals surface area (Å²) in [5.41, 5.74) is -0.685. The molecule has 0 amide bonds. The van der Waals surface area contributed by atoms with Crippen molar-refractivity contribution in [2.24, 2.45) is 5.92 Å². The molecule has 1 aromatic heterocycles. The lowest BCUT2D eigenvalue weighted by molar-refractivity contribution is -0.000896. The van der Waals surface area contributed by atoms with Gasteiger partial charge in [-0.25, -0.2) is 14.4 Å². The molecule has 0 spiro atoms. The normalized spacial score (nSPS) is 29.0. The number of anilines is 1. The summed E-state index contributed by atoms with van der Waals surface area (Å²) in [5, 5.41) is 13.3. The second-order valence-corrected chi connectivity index (χ2v) is 5.00. The van der Waals surface area contributed by atoms with Crippen LogP contribution in [0.3, 0.4) is 0 Å². The molecule has 1 aliphatic carbocycles. The van der Waals surface area contributed by atoms with Crippen LogP contribution in [0.15, 0.2) is 12.4 Å². The maximum Gasteiger partial charge on any atom is 0.222 e. The van der Waals surface area contributed by atoms with Crippen LogP contribution in [-0.2, 0) is 0 Å². The molecule has 0 radical (unpaired) electrons. The first-order chi connectivity index (χ1) is 8.07. The van der Waals surface area contributed by atoms with E-state index in [4.69, 9.17) is 0 Å². The van der Waals surface area contributed by atoms with E-state index in [2.05, 4.69) is 22.2 Å². The van der Waals surface area contributed by atoms with E-state index in [-0.39, 0.29) is 0 Å². The van der Waals surface area contributed by atoms with Gasteiger partial charge >= 0.3 is 0 Å². The average molecular weight is 239 g/mol. The van der Waals surface area contributed by atoms with Crippen LogP contribution in [-0.4, -0.2) is 27.2 Å². The third-order valence-electron chi connectivity index (χ3n) is 3.26. The minimum Gasteiger partial charge on any atom is -0.388 e. The van der Waals surface area contributed by atoms with Gasteiger partial charge in [0.1, 0.15) is 0 Å². The molecule has 1 fully saturated rings. The minimum atomic E-state index is -0.685. The van der Waals surface area contributed by atoms with Crippen molar-refractivity contribution in [1.82, 2.24) is 9.97 Å². The summed E-state index contributed by atoms with van der Waals surface area (Å²) in [6.07, 6.45) is 6.04. The van der Waals surface area contributed by atoms with Gasteiger partial charge < -0.3 is 10.4 Å². The van der Waals surface area contributed by atoms with Crippen LogP contribution < -0.4 is 5.32 Å². The Morgan fingerprint density at radius 2 is 2.24 bits per heavy atom. The summed E-state index contributed by atoms with van der Waals surface area (Å²) in [4.78, 5) is 7.61. The molecule has 1 aliphatic rings. The number of halogens is 1. The van der Waals surface area contributed by atoms with Gasteiger partial charge in [-0.2, -0.15) is 0 Å². The summed E-state index contributed by atoms with van der Waals surface area (Å²) >= 11 is 0. The number of nitrogens with one attached hydrogen (secondary N) is 1. The standard InChI is InChI=1S/C12H18FN3O/c1-9-3-2-4-12(17,5-9)8-16-11-14-6-10(13)7-15-11/h6-7,9,17H,2-5,8H2,1H3,(H,14,15,16). The van der Waals surface area contributed by atoms with Crippen molar-refractivity contribution in [2.45, 2.75) is 38.2 Å². The monoisotopic (exact) mass is 239 g/mol. The summed E-state index contributed by atoms with van der Waals surface area (Å²) in [6.45, 7) is 2.57. The zero-order valence-electron chi connectivity index (χ0n) is 9.99. The molecular formula is C12H18FN3O. The van der Waals surface area contributed by atoms with Gasteiger partial charge in [0.05, 0.1) is 18.0 Å². The molecule has 0 bridgehead atoms. The number of aliphatic hydroxyl groups is 1. The van der Waals surface area contributed by atoms with Gasteiger partial charge in [-0.15, -0.1) is 0 Å². The zero-order chi connectivity index (χ0) is 12.3. The molecule has 4 nitrogen and oxygen atoms in total. The summed E-state index contributed by atoms with van der Waals surface area (Å²) in [6, 6.07) is 0. The van der Waals surface area contributed by atoms with E-state index in [1.54, 1.807) is 0 Å². The summed E-state index contributed by atoms with van der Waals surface area (Å²) in [5.74, 6) is 0.447. The SMILES string of the molecule is CC1CCCC(O)(CNc2ncc(F)cn2)C1. The third-order valence-corrected chi connectivity index (χ3v) is 3.26. The highest BCUT2D eigenvalue weighted by Gasteiger charge is 2.32. The Bertz CT molecular complexity index is 371. The molecule has 94 valence electrons. The van der Waals surface area contributed by atoms with Gasteiger partial charge in [-0.05, 0) is 18.8 Å². The Morgan fingerprint density at radius 3 is 2.88 bits per heavy atom. The first-order valence-electron chi connectivity index (χ1n) is 6.01. The fourth-order valence-corrected chi connectivity index (χ4v) is 2.44. The lowest BCUT2D eigenvalue weighted by atomic mass is 9.79. The van der Waals surface area contributed by atoms with Crippen LogP contribution in [0.5, 0.6) is 0 Å². The molecule has 2 atom stereocenters. The molecule has 1 aromatic rings. The smallest absolute Gasteiger partial charge is 0.222 e. The quantitative estimate of drug-likeness (QED) is 0.846. The molecule has 5 heteroatoms. The van der Waals surface area contributed by atoms with Crippen LogP contribution in [0, 0.1) is 11.7 Å². The fraction of sp³-hybridized carbons (Fsp3) is 0.667. The van der Waals surface area contributed by atoms with Gasteiger partial charge in [0, 0.05) is 6.54 Å². The van der Waals surface area contributed by atoms with Gasteiger partial charge in [-0.1, -0.05) is 19.8 Å². The maximum absolute atomic E-state index is 12.6. The van der Waals surface area contributed by atoms with E-state index in [9.17, 15) is 9.50 Å². The number of hydrogen-bond acceptors (Lipinski definition) is 4. The van der Waals surface area contributed by atoms with E-state index in [0.717, 1.165) is 31.7 Å². The summed E-state index contributed by atoms with van der Waals surface area (Å²) < 4.78 is 12.6. The zero-order valence-corrected chi connectivity index (χ0v) is 9.99. The molecule has 2 unspecified atom stereocenters. The highest BCUT2D eigenvalue weighted by molar-refractivity contribution is 5.23. The van der Waals surface area contributed by atoms with Crippen LogP contribution in [0.25, 0.3) is 0 Å². The molecule has 0 saturated heterocycles. The van der Waals surface area contributed by atoms with E-state index in [0.29, 0.717) is 18.4 Å². The Balaban J connectivity index is 1.90. The highest BCUT2D eigenvalue weighted by atomic mass is 19.1. The molecule has 17 heavy (non-hydrogen) atoms. The lowest BCUT2D eigenvalue weighted by Crippen LogP contribution is -2.41. The Morgan fingerprint density at radius 1 is 1.53 bits per heavy atom. The highest BCUT2D eigenvalue weighted by Crippen LogP contribution is 2.32. The number of aromatic nitrogens is 2. The van der Waals surface area contributed by atoms with Crippen molar-refractivity contribution in [3.05, 3.63) is 18.2 Å². The van der Waals surface area contributed by atoms with Crippen molar-refractivity contribution < 1.29 is 9.50 Å². The minimum absolute atomic E-state index is 0.359. The van der Waals surface area contributed by atoms with Crippen LogP contribution >= 0.6 is 0 Å². The van der Waals surface area contributed by atoms with Crippen molar-refractivity contribution in [3.8, 4) is 0 Å². The van der Waals surface area contributed by atoms with Crippen LogP contribution in [0.2, 0.25) is 0 Å². The van der Waals surface area contributed by atoms with E-state index in [1.165, 1.54) is 6.42 Å². The predicted octanol–water partition coefficient (Wildman–Crippen LogP) is 1.97. The number of nitrogens with zero attached hydrogens (tertiary/aromatic N) is 2. The number of hydrogen-bond donors (Lipinski definition) is 2. The van der Waals surface area contributed by atoms with Crippen LogP contribution in [0.1, 0.15) is 32.6 Å². The van der Waals surface area contributed by atoms with Crippen LogP contribution in [0.4, 0.5) is 10.3 Å². The van der Waals surface area contributed by atoms with Gasteiger partial charge in [-0.3, -0.25) is 0 Å². The number of rotatable bonds is 3. The van der Waals surface area contributed by atoms with Crippen molar-refractivity contribution in [2.75, 3.05) is 11.9 Å². The van der Waals surface area contributed by atoms with E-state index in [1.807, 2.05) is 0 Å². The molecule has 1 saturated carbocycles. The maximum atomic E-state index is 12.6. The van der Waals surface area contributed by atoms with Gasteiger partial charge in [0.2, 0.25) is 5.95 Å². The van der Waals surface area contributed by atoms with Crippen molar-refractivity contribution in [1.29, 1.82) is 0 Å². The fourth-order valence-electron chi connectivity index (χ4n) is 2.44. The lowest BCUT2D eigenvalue weighted by Gasteiger charge is -2.35. The average Bonchev–Trinajstić information content (AvgIpc) is 2.28. The molecule has 0 aromatic carbocycles. The third kappa shape index (κ3) is 3.36. The summed E-state index contributed by atoms with van der Waals surface area (Å²) in [7, 11) is 0. The van der Waals surface area contributed by atoms with E-state index < -0.39 is 11.4 Å². The van der Waals surface area contributed by atoms with Gasteiger partial charge in [0.15, 0.2) is 5.82 Å². The Kier molecular flexibility index (Phi) is 3.57. The molecule has 1 heterocycles. The van der Waals surface area contributed by atoms with Gasteiger partial charge in [0.25, 0.3) is 0 Å².